The molecule has 1 aromatic heterocycles. The normalized spacial score (nSPS) is 20.9. The van der Waals surface area contributed by atoms with Gasteiger partial charge in [0.25, 0.3) is 0 Å². The van der Waals surface area contributed by atoms with Crippen LogP contribution in [0.3, 0.4) is 0 Å². The van der Waals surface area contributed by atoms with Gasteiger partial charge < -0.3 is 4.90 Å². The van der Waals surface area contributed by atoms with Gasteiger partial charge in [0.1, 0.15) is 0 Å². The van der Waals surface area contributed by atoms with Gasteiger partial charge in [0, 0.05) is 11.9 Å². The molecule has 2 heterocycles. The van der Waals surface area contributed by atoms with Crippen molar-refractivity contribution in [3.8, 4) is 0 Å². The first-order valence-electron chi connectivity index (χ1n) is 7.27. The lowest BCUT2D eigenvalue weighted by Crippen LogP contribution is -2.42. The average molecular weight is 341 g/mol. The summed E-state index contributed by atoms with van der Waals surface area (Å²) in [4.78, 5) is 6.33. The largest absolute Gasteiger partial charge is 0.393 e. The number of halogens is 4. The molecule has 120 valence electrons. The van der Waals surface area contributed by atoms with Crippen LogP contribution in [0.5, 0.6) is 0 Å². The molecule has 1 aliphatic rings. The number of alkyl halides is 4. The summed E-state index contributed by atoms with van der Waals surface area (Å²) in [6.07, 6.45) is -0.353. The number of likely N-dealkylation sites (tertiary alicyclic amines) is 1. The molecule has 1 unspecified atom stereocenters. The van der Waals surface area contributed by atoms with Crippen molar-refractivity contribution in [2.75, 3.05) is 19.6 Å². The van der Waals surface area contributed by atoms with Crippen LogP contribution in [0.1, 0.15) is 36.4 Å². The fraction of sp³-hybridized carbons (Fsp3) is 0.786. The van der Waals surface area contributed by atoms with Crippen LogP contribution < -0.4 is 0 Å². The summed E-state index contributed by atoms with van der Waals surface area (Å²) in [5, 5.41) is 3.03. The molecule has 7 heteroatoms. The van der Waals surface area contributed by atoms with Crippen LogP contribution in [0.15, 0.2) is 5.38 Å². The van der Waals surface area contributed by atoms with Gasteiger partial charge in [-0.25, -0.2) is 4.98 Å². The minimum Gasteiger partial charge on any atom is -0.303 e. The lowest BCUT2D eigenvalue weighted by Gasteiger charge is -2.33. The zero-order chi connectivity index (χ0) is 15.3. The molecule has 2 rings (SSSR count). The molecular weight excluding hydrogens is 321 g/mol. The maximum absolute atomic E-state index is 12.7. The molecule has 0 spiro atoms. The van der Waals surface area contributed by atoms with Crippen molar-refractivity contribution in [2.24, 2.45) is 5.92 Å². The first-order valence-corrected chi connectivity index (χ1v) is 8.69. The summed E-state index contributed by atoms with van der Waals surface area (Å²) in [6, 6.07) is 0. The Hall–Kier alpha value is -0.330. The zero-order valence-electron chi connectivity index (χ0n) is 11.8. The number of aryl methyl sites for hydroxylation is 1. The van der Waals surface area contributed by atoms with Gasteiger partial charge in [0.2, 0.25) is 0 Å². The molecule has 0 radical (unpaired) electrons. The van der Waals surface area contributed by atoms with E-state index in [0.717, 1.165) is 43.1 Å². The van der Waals surface area contributed by atoms with Crippen LogP contribution in [-0.4, -0.2) is 35.7 Å². The van der Waals surface area contributed by atoms with E-state index in [2.05, 4.69) is 4.98 Å². The maximum atomic E-state index is 12.7. The molecule has 0 aliphatic carbocycles. The molecule has 0 saturated carbocycles. The molecule has 1 aromatic rings. The highest BCUT2D eigenvalue weighted by molar-refractivity contribution is 7.09. The molecule has 0 bridgehead atoms. The van der Waals surface area contributed by atoms with E-state index in [1.807, 2.05) is 10.3 Å². The minimum absolute atomic E-state index is 0.164. The monoisotopic (exact) mass is 340 g/mol. The highest BCUT2D eigenvalue weighted by Gasteiger charge is 2.41. The molecule has 0 aromatic carbocycles. The molecule has 1 fully saturated rings. The Kier molecular flexibility index (Phi) is 6.32. The molecule has 2 nitrogen and oxygen atoms in total. The molecule has 1 saturated heterocycles. The Morgan fingerprint density at radius 1 is 1.38 bits per heavy atom. The summed E-state index contributed by atoms with van der Waals surface area (Å²) in [5.41, 5.74) is 0.903. The second-order valence-corrected chi connectivity index (χ2v) is 6.71. The summed E-state index contributed by atoms with van der Waals surface area (Å²) in [7, 11) is 0. The van der Waals surface area contributed by atoms with E-state index >= 15 is 0 Å². The van der Waals surface area contributed by atoms with Gasteiger partial charge in [-0.05, 0) is 45.2 Å². The van der Waals surface area contributed by atoms with Crippen LogP contribution in [-0.2, 0) is 12.3 Å². The topological polar surface area (TPSA) is 16.1 Å². The van der Waals surface area contributed by atoms with Crippen LogP contribution in [0, 0.1) is 5.92 Å². The third kappa shape index (κ3) is 5.42. The predicted molar refractivity (Wildman–Crippen MR) is 79.8 cm³/mol. The Labute approximate surface area is 132 Å². The van der Waals surface area contributed by atoms with Crippen molar-refractivity contribution >= 4 is 22.9 Å². The van der Waals surface area contributed by atoms with Crippen molar-refractivity contribution < 1.29 is 13.2 Å². The van der Waals surface area contributed by atoms with E-state index in [1.165, 1.54) is 0 Å². The Morgan fingerprint density at radius 2 is 2.19 bits per heavy atom. The van der Waals surface area contributed by atoms with Crippen molar-refractivity contribution in [1.82, 2.24) is 9.88 Å². The van der Waals surface area contributed by atoms with Gasteiger partial charge >= 0.3 is 6.18 Å². The maximum Gasteiger partial charge on any atom is 0.393 e. The summed E-state index contributed by atoms with van der Waals surface area (Å²) >= 11 is 7.31. The third-order valence-corrected chi connectivity index (χ3v) is 5.05. The molecule has 0 N–H and O–H groups in total. The standard InChI is InChI=1S/C14H20ClF3N2S/c15-8-12-10-21-13(19-12)5-1-2-6-20-7-3-4-11(9-20)14(16,17)18/h10-11H,1-9H2. The molecule has 21 heavy (non-hydrogen) atoms. The minimum atomic E-state index is -4.04. The Bertz CT molecular complexity index is 436. The van der Waals surface area contributed by atoms with E-state index in [-0.39, 0.29) is 13.0 Å². The number of rotatable bonds is 6. The van der Waals surface area contributed by atoms with Crippen LogP contribution >= 0.6 is 22.9 Å². The highest BCUT2D eigenvalue weighted by atomic mass is 35.5. The molecule has 1 aliphatic heterocycles. The summed E-state index contributed by atoms with van der Waals surface area (Å²) in [5.74, 6) is -0.708. The Morgan fingerprint density at radius 3 is 2.86 bits per heavy atom. The van der Waals surface area contributed by atoms with Crippen molar-refractivity contribution in [1.29, 1.82) is 0 Å². The average Bonchev–Trinajstić information content (AvgIpc) is 2.91. The van der Waals surface area contributed by atoms with E-state index in [0.29, 0.717) is 12.3 Å². The number of thiazole rings is 1. The zero-order valence-corrected chi connectivity index (χ0v) is 13.4. The predicted octanol–water partition coefficient (Wildman–Crippen LogP) is 4.48. The van der Waals surface area contributed by atoms with Crippen molar-refractivity contribution in [3.05, 3.63) is 16.1 Å². The van der Waals surface area contributed by atoms with E-state index in [4.69, 9.17) is 11.6 Å². The summed E-state index contributed by atoms with van der Waals surface area (Å²) < 4.78 is 38.1. The fourth-order valence-electron chi connectivity index (χ4n) is 2.66. The van der Waals surface area contributed by atoms with Crippen molar-refractivity contribution in [3.63, 3.8) is 0 Å². The first-order chi connectivity index (χ1) is 9.99. The Balaban J connectivity index is 1.66. The van der Waals surface area contributed by atoms with Gasteiger partial charge in [0.05, 0.1) is 22.5 Å². The highest BCUT2D eigenvalue weighted by Crippen LogP contribution is 2.33. The van der Waals surface area contributed by atoms with Gasteiger partial charge in [-0.15, -0.1) is 22.9 Å². The number of hydrogen-bond donors (Lipinski definition) is 0. The van der Waals surface area contributed by atoms with Gasteiger partial charge in [0.15, 0.2) is 0 Å². The number of piperidine rings is 1. The number of hydrogen-bond acceptors (Lipinski definition) is 3. The van der Waals surface area contributed by atoms with Gasteiger partial charge in [-0.3, -0.25) is 0 Å². The van der Waals surface area contributed by atoms with Crippen LogP contribution in [0.25, 0.3) is 0 Å². The lowest BCUT2D eigenvalue weighted by molar-refractivity contribution is -0.186. The quantitative estimate of drug-likeness (QED) is 0.560. The van der Waals surface area contributed by atoms with E-state index in [1.54, 1.807) is 11.3 Å². The lowest BCUT2D eigenvalue weighted by atomic mass is 9.97. The van der Waals surface area contributed by atoms with Gasteiger partial charge in [-0.2, -0.15) is 13.2 Å². The smallest absolute Gasteiger partial charge is 0.303 e. The second-order valence-electron chi connectivity index (χ2n) is 5.50. The second kappa shape index (κ2) is 7.79. The van der Waals surface area contributed by atoms with Crippen molar-refractivity contribution in [2.45, 2.75) is 44.2 Å². The molecule has 1 atom stereocenters. The molecule has 0 amide bonds. The first kappa shape index (κ1) is 17.0. The number of aromatic nitrogens is 1. The van der Waals surface area contributed by atoms with Crippen LogP contribution in [0.4, 0.5) is 13.2 Å². The number of unbranched alkanes of at least 4 members (excludes halogenated alkanes) is 1. The number of nitrogens with zero attached hydrogens (tertiary/aromatic N) is 2. The molecular formula is C14H20ClF3N2S. The van der Waals surface area contributed by atoms with Gasteiger partial charge in [-0.1, -0.05) is 0 Å². The van der Waals surface area contributed by atoms with E-state index < -0.39 is 12.1 Å². The SMILES string of the molecule is FC(F)(F)C1CCCN(CCCCc2nc(CCl)cs2)C1. The van der Waals surface area contributed by atoms with E-state index in [9.17, 15) is 13.2 Å². The fourth-order valence-corrected chi connectivity index (χ4v) is 3.73. The third-order valence-electron chi connectivity index (χ3n) is 3.82. The van der Waals surface area contributed by atoms with Crippen LogP contribution in [0.2, 0.25) is 0 Å². The summed E-state index contributed by atoms with van der Waals surface area (Å²) in [6.45, 7) is 1.71.